The molecule has 0 aliphatic rings. The van der Waals surface area contributed by atoms with E-state index >= 15 is 0 Å². The van der Waals surface area contributed by atoms with E-state index in [0.717, 1.165) is 5.56 Å². The molecule has 0 atom stereocenters. The van der Waals surface area contributed by atoms with Crippen molar-refractivity contribution in [3.8, 4) is 11.5 Å². The van der Waals surface area contributed by atoms with Crippen LogP contribution < -0.4 is 5.43 Å². The number of H-pyrrole nitrogens is 1. The van der Waals surface area contributed by atoms with Crippen LogP contribution in [0.3, 0.4) is 0 Å². The van der Waals surface area contributed by atoms with Crippen molar-refractivity contribution in [2.75, 3.05) is 0 Å². The highest BCUT2D eigenvalue weighted by molar-refractivity contribution is 6.30. The third kappa shape index (κ3) is 3.49. The molecule has 3 aromatic rings. The zero-order valence-corrected chi connectivity index (χ0v) is 13.0. The molecule has 1 aromatic carbocycles. The van der Waals surface area contributed by atoms with Crippen molar-refractivity contribution in [3.05, 3.63) is 65.0 Å². The molecule has 0 unspecified atom stereocenters. The van der Waals surface area contributed by atoms with Gasteiger partial charge in [0.25, 0.3) is 5.91 Å². The van der Waals surface area contributed by atoms with Gasteiger partial charge >= 0.3 is 0 Å². The molecule has 116 valence electrons. The summed E-state index contributed by atoms with van der Waals surface area (Å²) in [5.41, 5.74) is 4.86. The number of carbonyl (C=O) groups is 1. The molecule has 2 aromatic heterocycles. The van der Waals surface area contributed by atoms with Crippen LogP contribution in [0.25, 0.3) is 11.5 Å². The monoisotopic (exact) mass is 328 g/mol. The van der Waals surface area contributed by atoms with E-state index in [-0.39, 0.29) is 5.69 Å². The number of hydrogen-bond acceptors (Lipinski definition) is 4. The van der Waals surface area contributed by atoms with Crippen LogP contribution in [0.2, 0.25) is 5.02 Å². The molecule has 6 nitrogen and oxygen atoms in total. The maximum absolute atomic E-state index is 12.1. The molecular weight excluding hydrogens is 316 g/mol. The Labute approximate surface area is 137 Å². The number of benzene rings is 1. The smallest absolute Gasteiger partial charge is 0.291 e. The van der Waals surface area contributed by atoms with Gasteiger partial charge in [0.2, 0.25) is 0 Å². The van der Waals surface area contributed by atoms with Gasteiger partial charge in [0.1, 0.15) is 5.69 Å². The molecule has 0 fully saturated rings. The van der Waals surface area contributed by atoms with E-state index in [1.54, 1.807) is 43.5 Å². The molecule has 3 rings (SSSR count). The molecule has 7 heteroatoms. The Morgan fingerprint density at radius 2 is 2.09 bits per heavy atom. The minimum absolute atomic E-state index is 0.226. The summed E-state index contributed by atoms with van der Waals surface area (Å²) in [7, 11) is 0. The van der Waals surface area contributed by atoms with Gasteiger partial charge < -0.3 is 4.42 Å². The van der Waals surface area contributed by atoms with Crippen LogP contribution >= 0.6 is 11.6 Å². The molecule has 23 heavy (non-hydrogen) atoms. The Hall–Kier alpha value is -2.86. The van der Waals surface area contributed by atoms with Gasteiger partial charge in [-0.1, -0.05) is 23.7 Å². The van der Waals surface area contributed by atoms with Crippen LogP contribution in [0.1, 0.15) is 23.0 Å². The highest BCUT2D eigenvalue weighted by Crippen LogP contribution is 2.17. The van der Waals surface area contributed by atoms with E-state index in [1.165, 1.54) is 0 Å². The van der Waals surface area contributed by atoms with Crippen LogP contribution in [0.5, 0.6) is 0 Å². The molecule has 1 amide bonds. The first-order chi connectivity index (χ1) is 11.1. The highest BCUT2D eigenvalue weighted by Gasteiger charge is 2.12. The Bertz CT molecular complexity index is 835. The number of aromatic amines is 1. The van der Waals surface area contributed by atoms with Crippen LogP contribution in [0.4, 0.5) is 0 Å². The van der Waals surface area contributed by atoms with Crippen molar-refractivity contribution >= 4 is 23.2 Å². The maximum atomic E-state index is 12.1. The van der Waals surface area contributed by atoms with Gasteiger partial charge in [-0.2, -0.15) is 10.2 Å². The van der Waals surface area contributed by atoms with Gasteiger partial charge in [0.15, 0.2) is 11.5 Å². The number of rotatable bonds is 4. The second-order valence-corrected chi connectivity index (χ2v) is 5.23. The number of hydrazone groups is 1. The summed E-state index contributed by atoms with van der Waals surface area (Å²) in [5, 5.41) is 11.4. The number of nitrogens with zero attached hydrogens (tertiary/aromatic N) is 2. The van der Waals surface area contributed by atoms with Crippen molar-refractivity contribution < 1.29 is 9.21 Å². The summed E-state index contributed by atoms with van der Waals surface area (Å²) < 4.78 is 5.24. The predicted molar refractivity (Wildman–Crippen MR) is 87.4 cm³/mol. The Morgan fingerprint density at radius 3 is 2.78 bits per heavy atom. The first-order valence-corrected chi connectivity index (χ1v) is 7.21. The van der Waals surface area contributed by atoms with Gasteiger partial charge in [0.05, 0.1) is 12.0 Å². The average molecular weight is 329 g/mol. The summed E-state index contributed by atoms with van der Waals surface area (Å²) in [6, 6.07) is 12.3. The van der Waals surface area contributed by atoms with E-state index < -0.39 is 5.91 Å². The number of hydrogen-bond donors (Lipinski definition) is 2. The number of aromatic nitrogens is 2. The number of furan rings is 1. The zero-order chi connectivity index (χ0) is 16.2. The van der Waals surface area contributed by atoms with E-state index in [1.807, 2.05) is 12.1 Å². The normalized spacial score (nSPS) is 11.5. The number of carbonyl (C=O) groups excluding carboxylic acids is 1. The lowest BCUT2D eigenvalue weighted by Gasteiger charge is -2.01. The predicted octanol–water partition coefficient (Wildman–Crippen LogP) is 3.48. The van der Waals surface area contributed by atoms with E-state index in [0.29, 0.717) is 22.2 Å². The third-order valence-electron chi connectivity index (χ3n) is 3.18. The summed E-state index contributed by atoms with van der Waals surface area (Å²) in [6.45, 7) is 1.79. The summed E-state index contributed by atoms with van der Waals surface area (Å²) in [4.78, 5) is 12.1. The molecule has 0 aliphatic carbocycles. The lowest BCUT2D eigenvalue weighted by atomic mass is 10.1. The van der Waals surface area contributed by atoms with Crippen molar-refractivity contribution in [1.29, 1.82) is 0 Å². The topological polar surface area (TPSA) is 83.3 Å². The SMILES string of the molecule is C/C(=N/NC(=O)c1cc(-c2ccco2)[nH]n1)c1ccc(Cl)cc1. The molecule has 0 saturated heterocycles. The largest absolute Gasteiger partial charge is 0.463 e. The third-order valence-corrected chi connectivity index (χ3v) is 3.44. The summed E-state index contributed by atoms with van der Waals surface area (Å²) in [6.07, 6.45) is 1.55. The number of amides is 1. The molecule has 2 N–H and O–H groups in total. The molecular formula is C16H13ClN4O2. The average Bonchev–Trinajstić information content (AvgIpc) is 3.23. The van der Waals surface area contributed by atoms with E-state index in [2.05, 4.69) is 20.7 Å². The van der Waals surface area contributed by atoms with Crippen LogP contribution in [-0.2, 0) is 0 Å². The van der Waals surface area contributed by atoms with Crippen molar-refractivity contribution in [3.63, 3.8) is 0 Å². The van der Waals surface area contributed by atoms with Gasteiger partial charge in [-0.05, 0) is 36.8 Å². The zero-order valence-electron chi connectivity index (χ0n) is 12.2. The van der Waals surface area contributed by atoms with Crippen molar-refractivity contribution in [2.45, 2.75) is 6.92 Å². The molecule has 0 bridgehead atoms. The van der Waals surface area contributed by atoms with Gasteiger partial charge in [-0.15, -0.1) is 0 Å². The molecule has 2 heterocycles. The highest BCUT2D eigenvalue weighted by atomic mass is 35.5. The first-order valence-electron chi connectivity index (χ1n) is 6.83. The van der Waals surface area contributed by atoms with Crippen LogP contribution in [-0.4, -0.2) is 21.8 Å². The fourth-order valence-electron chi connectivity index (χ4n) is 1.94. The maximum Gasteiger partial charge on any atom is 0.291 e. The fraction of sp³-hybridized carbons (Fsp3) is 0.0625. The number of nitrogens with one attached hydrogen (secondary N) is 2. The van der Waals surface area contributed by atoms with Gasteiger partial charge in [0, 0.05) is 11.1 Å². The fourth-order valence-corrected chi connectivity index (χ4v) is 2.07. The Kier molecular flexibility index (Phi) is 4.25. The Morgan fingerprint density at radius 1 is 1.30 bits per heavy atom. The quantitative estimate of drug-likeness (QED) is 0.568. The lowest BCUT2D eigenvalue weighted by molar-refractivity contribution is 0.0950. The first kappa shape index (κ1) is 15.1. The number of halogens is 1. The summed E-state index contributed by atoms with van der Waals surface area (Å²) in [5.74, 6) is 0.199. The van der Waals surface area contributed by atoms with E-state index in [9.17, 15) is 4.79 Å². The molecule has 0 radical (unpaired) electrons. The molecule has 0 saturated carbocycles. The summed E-state index contributed by atoms with van der Waals surface area (Å²) >= 11 is 5.84. The Balaban J connectivity index is 1.69. The van der Waals surface area contributed by atoms with Crippen molar-refractivity contribution in [2.24, 2.45) is 5.10 Å². The minimum atomic E-state index is -0.410. The van der Waals surface area contributed by atoms with E-state index in [4.69, 9.17) is 16.0 Å². The van der Waals surface area contributed by atoms with Crippen LogP contribution in [0.15, 0.2) is 58.2 Å². The van der Waals surface area contributed by atoms with Crippen molar-refractivity contribution in [1.82, 2.24) is 15.6 Å². The molecule has 0 spiro atoms. The second-order valence-electron chi connectivity index (χ2n) is 4.79. The lowest BCUT2D eigenvalue weighted by Crippen LogP contribution is -2.19. The van der Waals surface area contributed by atoms with Crippen LogP contribution in [0, 0.1) is 0 Å². The van der Waals surface area contributed by atoms with Gasteiger partial charge in [-0.3, -0.25) is 9.89 Å². The van der Waals surface area contributed by atoms with Gasteiger partial charge in [-0.25, -0.2) is 5.43 Å². The standard InChI is InChI=1S/C16H13ClN4O2/c1-10(11-4-6-12(17)7-5-11)18-21-16(22)14-9-13(19-20-14)15-3-2-8-23-15/h2-9H,1H3,(H,19,20)(H,21,22)/b18-10-. The molecule has 0 aliphatic heterocycles. The second kappa shape index (κ2) is 6.50. The minimum Gasteiger partial charge on any atom is -0.463 e.